The lowest BCUT2D eigenvalue weighted by molar-refractivity contribution is 0.157. The predicted molar refractivity (Wildman–Crippen MR) is 50.9 cm³/mol. The maximum Gasteiger partial charge on any atom is 0.00503 e. The highest BCUT2D eigenvalue weighted by molar-refractivity contribution is 4.98. The van der Waals surface area contributed by atoms with Crippen LogP contribution in [0, 0.1) is 11.3 Å². The van der Waals surface area contributed by atoms with Crippen molar-refractivity contribution in [2.24, 2.45) is 17.1 Å². The van der Waals surface area contributed by atoms with Gasteiger partial charge in [-0.15, -0.1) is 0 Å². The van der Waals surface area contributed by atoms with Gasteiger partial charge in [0.15, 0.2) is 0 Å². The van der Waals surface area contributed by atoms with Gasteiger partial charge in [0.05, 0.1) is 0 Å². The molecule has 0 radical (unpaired) electrons. The lowest BCUT2D eigenvalue weighted by Gasteiger charge is -2.37. The standard InChI is InChI=1S/C10H20N2/c1-12-6-9-4-2-3-5-10(9,7-11)8-12/h9H,2-8,11H2,1H3. The Balaban J connectivity index is 2.14. The number of nitrogens with zero attached hydrogens (tertiary/aromatic N) is 1. The molecule has 2 aliphatic rings. The van der Waals surface area contributed by atoms with E-state index in [2.05, 4.69) is 11.9 Å². The molecule has 2 nitrogen and oxygen atoms in total. The molecular formula is C10H20N2. The molecule has 0 aromatic carbocycles. The molecule has 1 saturated carbocycles. The minimum Gasteiger partial charge on any atom is -0.330 e. The molecular weight excluding hydrogens is 148 g/mol. The molecule has 2 heteroatoms. The molecule has 2 N–H and O–H groups in total. The largest absolute Gasteiger partial charge is 0.330 e. The van der Waals surface area contributed by atoms with Gasteiger partial charge in [-0.2, -0.15) is 0 Å². The van der Waals surface area contributed by atoms with Gasteiger partial charge >= 0.3 is 0 Å². The van der Waals surface area contributed by atoms with Crippen molar-refractivity contribution in [3.8, 4) is 0 Å². The van der Waals surface area contributed by atoms with Gasteiger partial charge in [-0.25, -0.2) is 0 Å². The quantitative estimate of drug-likeness (QED) is 0.634. The zero-order chi connectivity index (χ0) is 8.60. The van der Waals surface area contributed by atoms with Crippen LogP contribution < -0.4 is 5.73 Å². The Morgan fingerprint density at radius 1 is 1.50 bits per heavy atom. The number of likely N-dealkylation sites (tertiary alicyclic amines) is 1. The summed E-state index contributed by atoms with van der Waals surface area (Å²) < 4.78 is 0. The second kappa shape index (κ2) is 3.00. The van der Waals surface area contributed by atoms with Crippen LogP contribution in [0.2, 0.25) is 0 Å². The van der Waals surface area contributed by atoms with E-state index in [-0.39, 0.29) is 0 Å². The van der Waals surface area contributed by atoms with Crippen molar-refractivity contribution in [2.75, 3.05) is 26.7 Å². The summed E-state index contributed by atoms with van der Waals surface area (Å²) in [5.74, 6) is 0.904. The third-order valence-corrected chi connectivity index (χ3v) is 3.87. The molecule has 1 heterocycles. The molecule has 0 spiro atoms. The Morgan fingerprint density at radius 3 is 3.00 bits per heavy atom. The normalized spacial score (nSPS) is 43.0. The van der Waals surface area contributed by atoms with Gasteiger partial charge in [0.25, 0.3) is 0 Å². The topological polar surface area (TPSA) is 29.3 Å². The van der Waals surface area contributed by atoms with Crippen molar-refractivity contribution in [1.29, 1.82) is 0 Å². The number of nitrogens with two attached hydrogens (primary N) is 1. The van der Waals surface area contributed by atoms with Crippen LogP contribution in [0.1, 0.15) is 25.7 Å². The first kappa shape index (κ1) is 8.52. The van der Waals surface area contributed by atoms with Crippen molar-refractivity contribution >= 4 is 0 Å². The fourth-order valence-electron chi connectivity index (χ4n) is 3.18. The Kier molecular flexibility index (Phi) is 2.13. The maximum atomic E-state index is 5.91. The van der Waals surface area contributed by atoms with Crippen LogP contribution >= 0.6 is 0 Å². The zero-order valence-corrected chi connectivity index (χ0v) is 8.05. The molecule has 12 heavy (non-hydrogen) atoms. The van der Waals surface area contributed by atoms with Gasteiger partial charge in [-0.3, -0.25) is 0 Å². The number of rotatable bonds is 1. The van der Waals surface area contributed by atoms with Crippen LogP contribution in [0.5, 0.6) is 0 Å². The molecule has 1 aliphatic heterocycles. The summed E-state index contributed by atoms with van der Waals surface area (Å²) in [5, 5.41) is 0. The van der Waals surface area contributed by atoms with E-state index in [1.54, 1.807) is 0 Å². The van der Waals surface area contributed by atoms with Crippen molar-refractivity contribution < 1.29 is 0 Å². The molecule has 2 atom stereocenters. The van der Waals surface area contributed by atoms with Crippen LogP contribution in [-0.2, 0) is 0 Å². The fourth-order valence-corrected chi connectivity index (χ4v) is 3.18. The summed E-state index contributed by atoms with van der Waals surface area (Å²) in [4.78, 5) is 2.46. The Bertz CT molecular complexity index is 169. The molecule has 0 amide bonds. The first-order chi connectivity index (χ1) is 5.77. The average molecular weight is 168 g/mol. The molecule has 0 aromatic heterocycles. The third kappa shape index (κ3) is 1.17. The first-order valence-electron chi connectivity index (χ1n) is 5.15. The summed E-state index contributed by atoms with van der Waals surface area (Å²) in [5.41, 5.74) is 6.42. The van der Waals surface area contributed by atoms with E-state index in [0.29, 0.717) is 5.41 Å². The number of fused-ring (bicyclic) bond motifs is 1. The van der Waals surface area contributed by atoms with Crippen LogP contribution in [0.3, 0.4) is 0 Å². The SMILES string of the molecule is CN1CC2CCCCC2(CN)C1. The molecule has 1 aliphatic carbocycles. The Labute approximate surface area is 75.1 Å². The molecule has 2 rings (SSSR count). The summed E-state index contributed by atoms with van der Waals surface area (Å²) in [6.07, 6.45) is 5.63. The summed E-state index contributed by atoms with van der Waals surface area (Å²) in [6, 6.07) is 0. The molecule has 2 fully saturated rings. The molecule has 1 saturated heterocycles. The number of hydrogen-bond donors (Lipinski definition) is 1. The van der Waals surface area contributed by atoms with Gasteiger partial charge in [-0.1, -0.05) is 12.8 Å². The van der Waals surface area contributed by atoms with E-state index in [1.165, 1.54) is 38.8 Å². The van der Waals surface area contributed by atoms with Gasteiger partial charge in [0, 0.05) is 13.1 Å². The smallest absolute Gasteiger partial charge is 0.00503 e. The Morgan fingerprint density at radius 2 is 2.33 bits per heavy atom. The summed E-state index contributed by atoms with van der Waals surface area (Å²) in [7, 11) is 2.23. The van der Waals surface area contributed by atoms with E-state index in [0.717, 1.165) is 12.5 Å². The predicted octanol–water partition coefficient (Wildman–Crippen LogP) is 1.07. The van der Waals surface area contributed by atoms with E-state index in [9.17, 15) is 0 Å². The van der Waals surface area contributed by atoms with Crippen molar-refractivity contribution in [2.45, 2.75) is 25.7 Å². The minimum absolute atomic E-state index is 0.507. The van der Waals surface area contributed by atoms with Crippen LogP contribution in [0.4, 0.5) is 0 Å². The lowest BCUT2D eigenvalue weighted by atomic mass is 9.68. The Hall–Kier alpha value is -0.0800. The monoisotopic (exact) mass is 168 g/mol. The highest BCUT2D eigenvalue weighted by Gasteiger charge is 2.45. The van der Waals surface area contributed by atoms with Gasteiger partial charge in [-0.05, 0) is 37.8 Å². The van der Waals surface area contributed by atoms with E-state index in [4.69, 9.17) is 5.73 Å². The average Bonchev–Trinajstić information content (AvgIpc) is 2.41. The van der Waals surface area contributed by atoms with Crippen LogP contribution in [0.15, 0.2) is 0 Å². The van der Waals surface area contributed by atoms with Crippen molar-refractivity contribution in [3.05, 3.63) is 0 Å². The second-order valence-electron chi connectivity index (χ2n) is 4.71. The first-order valence-corrected chi connectivity index (χ1v) is 5.15. The highest BCUT2D eigenvalue weighted by atomic mass is 15.1. The summed E-state index contributed by atoms with van der Waals surface area (Å²) >= 11 is 0. The van der Waals surface area contributed by atoms with Crippen LogP contribution in [-0.4, -0.2) is 31.6 Å². The van der Waals surface area contributed by atoms with Gasteiger partial charge in [0.1, 0.15) is 0 Å². The molecule has 0 bridgehead atoms. The molecule has 2 unspecified atom stereocenters. The zero-order valence-electron chi connectivity index (χ0n) is 8.05. The lowest BCUT2D eigenvalue weighted by Crippen LogP contribution is -2.40. The van der Waals surface area contributed by atoms with E-state index >= 15 is 0 Å². The summed E-state index contributed by atoms with van der Waals surface area (Å²) in [6.45, 7) is 3.44. The fraction of sp³-hybridized carbons (Fsp3) is 1.00. The number of hydrogen-bond acceptors (Lipinski definition) is 2. The van der Waals surface area contributed by atoms with Gasteiger partial charge in [0.2, 0.25) is 0 Å². The van der Waals surface area contributed by atoms with Crippen molar-refractivity contribution in [1.82, 2.24) is 4.90 Å². The maximum absolute atomic E-state index is 5.91. The minimum atomic E-state index is 0.507. The van der Waals surface area contributed by atoms with E-state index < -0.39 is 0 Å². The van der Waals surface area contributed by atoms with Crippen LogP contribution in [0.25, 0.3) is 0 Å². The second-order valence-corrected chi connectivity index (χ2v) is 4.71. The molecule has 0 aromatic rings. The van der Waals surface area contributed by atoms with E-state index in [1.807, 2.05) is 0 Å². The van der Waals surface area contributed by atoms with Crippen molar-refractivity contribution in [3.63, 3.8) is 0 Å². The molecule has 70 valence electrons. The highest BCUT2D eigenvalue weighted by Crippen LogP contribution is 2.45. The third-order valence-electron chi connectivity index (χ3n) is 3.87. The van der Waals surface area contributed by atoms with Gasteiger partial charge < -0.3 is 10.6 Å².